The predicted octanol–water partition coefficient (Wildman–Crippen LogP) is 1.16. The van der Waals surface area contributed by atoms with Crippen LogP contribution in [0.15, 0.2) is 45.8 Å². The Morgan fingerprint density at radius 1 is 1.32 bits per heavy atom. The molecule has 1 amide bonds. The number of methoxy groups -OCH3 is 1. The SMILES string of the molecule is COc1ccc(NC(=O)COc2coc(CO)cc2=O)cc1. The molecule has 0 unspecified atom stereocenters. The number of hydrogen-bond acceptors (Lipinski definition) is 6. The van der Waals surface area contributed by atoms with Gasteiger partial charge in [-0.3, -0.25) is 9.59 Å². The summed E-state index contributed by atoms with van der Waals surface area (Å²) in [5.41, 5.74) is 0.115. The minimum absolute atomic E-state index is 0.0953. The number of carbonyl (C=O) groups is 1. The van der Waals surface area contributed by atoms with Gasteiger partial charge in [-0.05, 0) is 24.3 Å². The number of aliphatic hydroxyl groups excluding tert-OH is 1. The third-order valence-electron chi connectivity index (χ3n) is 2.74. The van der Waals surface area contributed by atoms with Crippen LogP contribution in [-0.2, 0) is 11.4 Å². The van der Waals surface area contributed by atoms with Crippen LogP contribution in [0.3, 0.4) is 0 Å². The summed E-state index contributed by atoms with van der Waals surface area (Å²) < 4.78 is 15.0. The Hall–Kier alpha value is -2.80. The highest BCUT2D eigenvalue weighted by Gasteiger charge is 2.08. The topological polar surface area (TPSA) is 98.0 Å². The number of anilines is 1. The Balaban J connectivity index is 1.90. The van der Waals surface area contributed by atoms with Crippen molar-refractivity contribution in [1.82, 2.24) is 0 Å². The zero-order chi connectivity index (χ0) is 15.9. The Morgan fingerprint density at radius 3 is 2.64 bits per heavy atom. The predicted molar refractivity (Wildman–Crippen MR) is 78.0 cm³/mol. The number of nitrogens with one attached hydrogen (secondary N) is 1. The second-order valence-corrected chi connectivity index (χ2v) is 4.30. The van der Waals surface area contributed by atoms with Crippen molar-refractivity contribution in [1.29, 1.82) is 0 Å². The molecule has 2 rings (SSSR count). The summed E-state index contributed by atoms with van der Waals surface area (Å²) in [5, 5.41) is 11.4. The highest BCUT2D eigenvalue weighted by Crippen LogP contribution is 2.15. The molecule has 1 heterocycles. The second-order valence-electron chi connectivity index (χ2n) is 4.30. The molecule has 7 heteroatoms. The maximum atomic E-state index is 11.7. The highest BCUT2D eigenvalue weighted by atomic mass is 16.5. The molecular formula is C15H15NO6. The Kier molecular flexibility index (Phi) is 5.16. The summed E-state index contributed by atoms with van der Waals surface area (Å²) in [6.07, 6.45) is 1.06. The molecule has 2 N–H and O–H groups in total. The number of amides is 1. The molecule has 1 aromatic heterocycles. The van der Waals surface area contributed by atoms with E-state index in [1.165, 1.54) is 0 Å². The zero-order valence-corrected chi connectivity index (χ0v) is 11.9. The smallest absolute Gasteiger partial charge is 0.262 e. The highest BCUT2D eigenvalue weighted by molar-refractivity contribution is 5.91. The minimum Gasteiger partial charge on any atom is -0.497 e. The molecule has 0 saturated heterocycles. The van der Waals surface area contributed by atoms with Crippen molar-refractivity contribution in [3.05, 3.63) is 52.6 Å². The first-order chi connectivity index (χ1) is 10.6. The molecule has 2 aromatic rings. The number of aliphatic hydroxyl groups is 1. The van der Waals surface area contributed by atoms with E-state index in [4.69, 9.17) is 19.0 Å². The van der Waals surface area contributed by atoms with Crippen molar-refractivity contribution in [2.75, 3.05) is 19.0 Å². The van der Waals surface area contributed by atoms with Gasteiger partial charge in [-0.2, -0.15) is 0 Å². The fourth-order valence-electron chi connectivity index (χ4n) is 1.64. The average molecular weight is 305 g/mol. The summed E-state index contributed by atoms with van der Waals surface area (Å²) in [7, 11) is 1.55. The van der Waals surface area contributed by atoms with E-state index in [-0.39, 0.29) is 24.7 Å². The fourth-order valence-corrected chi connectivity index (χ4v) is 1.64. The van der Waals surface area contributed by atoms with Gasteiger partial charge in [-0.1, -0.05) is 0 Å². The standard InChI is InChI=1S/C15H15NO6/c1-20-11-4-2-10(3-5-11)16-15(19)9-22-14-8-21-12(7-17)6-13(14)18/h2-6,8,17H,7,9H2,1H3,(H,16,19). The van der Waals surface area contributed by atoms with Gasteiger partial charge in [0.05, 0.1) is 7.11 Å². The van der Waals surface area contributed by atoms with Crippen LogP contribution in [0.4, 0.5) is 5.69 Å². The Morgan fingerprint density at radius 2 is 2.05 bits per heavy atom. The van der Waals surface area contributed by atoms with Crippen LogP contribution in [-0.4, -0.2) is 24.7 Å². The molecule has 0 aliphatic carbocycles. The van der Waals surface area contributed by atoms with Crippen molar-refractivity contribution < 1.29 is 23.8 Å². The lowest BCUT2D eigenvalue weighted by molar-refractivity contribution is -0.118. The monoisotopic (exact) mass is 305 g/mol. The summed E-state index contributed by atoms with van der Waals surface area (Å²) in [4.78, 5) is 23.3. The summed E-state index contributed by atoms with van der Waals surface area (Å²) in [6.45, 7) is -0.720. The van der Waals surface area contributed by atoms with Crippen molar-refractivity contribution in [2.24, 2.45) is 0 Å². The van der Waals surface area contributed by atoms with Gasteiger partial charge >= 0.3 is 0 Å². The van der Waals surface area contributed by atoms with E-state index in [1.807, 2.05) is 0 Å². The molecule has 0 bridgehead atoms. The molecular weight excluding hydrogens is 290 g/mol. The minimum atomic E-state index is -0.465. The number of carbonyl (C=O) groups excluding carboxylic acids is 1. The zero-order valence-electron chi connectivity index (χ0n) is 11.9. The second kappa shape index (κ2) is 7.28. The molecule has 0 atom stereocenters. The van der Waals surface area contributed by atoms with Gasteiger partial charge in [0.2, 0.25) is 11.2 Å². The lowest BCUT2D eigenvalue weighted by Crippen LogP contribution is -2.22. The van der Waals surface area contributed by atoms with Gasteiger partial charge in [0.25, 0.3) is 5.91 Å². The molecule has 0 fully saturated rings. The number of ether oxygens (including phenoxy) is 2. The normalized spacial score (nSPS) is 10.1. The summed E-state index contributed by atoms with van der Waals surface area (Å²) in [6, 6.07) is 7.89. The van der Waals surface area contributed by atoms with Crippen molar-refractivity contribution in [3.8, 4) is 11.5 Å². The van der Waals surface area contributed by atoms with Gasteiger partial charge in [0.15, 0.2) is 6.61 Å². The van der Waals surface area contributed by atoms with Crippen LogP contribution < -0.4 is 20.2 Å². The van der Waals surface area contributed by atoms with E-state index < -0.39 is 11.3 Å². The van der Waals surface area contributed by atoms with E-state index in [0.29, 0.717) is 11.4 Å². The average Bonchev–Trinajstić information content (AvgIpc) is 2.54. The van der Waals surface area contributed by atoms with Crippen LogP contribution in [0.2, 0.25) is 0 Å². The summed E-state index contributed by atoms with van der Waals surface area (Å²) >= 11 is 0. The molecule has 22 heavy (non-hydrogen) atoms. The third-order valence-corrected chi connectivity index (χ3v) is 2.74. The van der Waals surface area contributed by atoms with Crippen molar-refractivity contribution >= 4 is 11.6 Å². The Bertz CT molecular complexity index is 692. The van der Waals surface area contributed by atoms with Crippen LogP contribution in [0.5, 0.6) is 11.5 Å². The van der Waals surface area contributed by atoms with Crippen LogP contribution >= 0.6 is 0 Å². The van der Waals surface area contributed by atoms with Crippen LogP contribution in [0, 0.1) is 0 Å². The molecule has 0 saturated carbocycles. The van der Waals surface area contributed by atoms with E-state index >= 15 is 0 Å². The number of hydrogen-bond donors (Lipinski definition) is 2. The first-order valence-electron chi connectivity index (χ1n) is 6.41. The van der Waals surface area contributed by atoms with Crippen molar-refractivity contribution in [2.45, 2.75) is 6.61 Å². The molecule has 116 valence electrons. The van der Waals surface area contributed by atoms with Crippen molar-refractivity contribution in [3.63, 3.8) is 0 Å². The molecule has 0 radical (unpaired) electrons. The number of benzene rings is 1. The third kappa shape index (κ3) is 4.10. The van der Waals surface area contributed by atoms with Gasteiger partial charge < -0.3 is 24.3 Å². The van der Waals surface area contributed by atoms with E-state index in [1.54, 1.807) is 31.4 Å². The van der Waals surface area contributed by atoms with Crippen LogP contribution in [0.1, 0.15) is 5.76 Å². The van der Waals surface area contributed by atoms with Crippen LogP contribution in [0.25, 0.3) is 0 Å². The van der Waals surface area contributed by atoms with Gasteiger partial charge in [-0.15, -0.1) is 0 Å². The van der Waals surface area contributed by atoms with Gasteiger partial charge in [0, 0.05) is 11.8 Å². The van der Waals surface area contributed by atoms with E-state index in [2.05, 4.69) is 5.32 Å². The summed E-state index contributed by atoms with van der Waals surface area (Å²) in [5.74, 6) is 0.286. The van der Waals surface area contributed by atoms with Gasteiger partial charge in [-0.25, -0.2) is 0 Å². The fraction of sp³-hybridized carbons (Fsp3) is 0.200. The lowest BCUT2D eigenvalue weighted by Gasteiger charge is -2.07. The van der Waals surface area contributed by atoms with Gasteiger partial charge in [0.1, 0.15) is 24.4 Å². The molecule has 7 nitrogen and oxygen atoms in total. The molecule has 1 aromatic carbocycles. The largest absolute Gasteiger partial charge is 0.497 e. The van der Waals surface area contributed by atoms with E-state index in [0.717, 1.165) is 12.3 Å². The maximum absolute atomic E-state index is 11.7. The molecule has 0 aliphatic rings. The molecule has 0 aliphatic heterocycles. The number of rotatable bonds is 6. The first kappa shape index (κ1) is 15.6. The Labute approximate surface area is 126 Å². The maximum Gasteiger partial charge on any atom is 0.262 e. The lowest BCUT2D eigenvalue weighted by atomic mass is 10.3. The van der Waals surface area contributed by atoms with E-state index in [9.17, 15) is 9.59 Å². The quantitative estimate of drug-likeness (QED) is 0.831. The molecule has 0 spiro atoms. The first-order valence-corrected chi connectivity index (χ1v) is 6.41.